The Kier molecular flexibility index (Phi) is 6.39. The summed E-state index contributed by atoms with van der Waals surface area (Å²) in [6.07, 6.45) is 6.93. The molecule has 3 fully saturated rings. The number of fused-ring (bicyclic) bond motifs is 1. The number of esters is 1. The van der Waals surface area contributed by atoms with Gasteiger partial charge in [-0.1, -0.05) is 0 Å². The number of amides is 1. The van der Waals surface area contributed by atoms with Crippen LogP contribution in [0, 0.1) is 18.3 Å². The van der Waals surface area contributed by atoms with E-state index in [9.17, 15) is 9.59 Å². The first-order valence-electron chi connectivity index (χ1n) is 11.2. The lowest BCUT2D eigenvalue weighted by Gasteiger charge is -2.52. The van der Waals surface area contributed by atoms with Crippen LogP contribution in [0.3, 0.4) is 0 Å². The number of carbonyl (C=O) groups is 2. The average molecular weight is 416 g/mol. The molecule has 2 aliphatic heterocycles. The Bertz CT molecular complexity index is 779. The molecule has 7 heteroatoms. The third kappa shape index (κ3) is 4.10. The second-order valence-electron chi connectivity index (χ2n) is 8.92. The van der Waals surface area contributed by atoms with Gasteiger partial charge in [0, 0.05) is 44.6 Å². The number of aromatic nitrogens is 1. The number of morpholine rings is 1. The van der Waals surface area contributed by atoms with Gasteiger partial charge in [0.25, 0.3) is 5.91 Å². The van der Waals surface area contributed by atoms with Crippen molar-refractivity contribution in [2.75, 3.05) is 46.0 Å². The highest BCUT2D eigenvalue weighted by molar-refractivity contribution is 5.94. The molecule has 0 N–H and O–H groups in total. The molecular formula is C23H33N3O4. The molecule has 3 atom stereocenters. The Morgan fingerprint density at radius 3 is 2.77 bits per heavy atom. The number of likely N-dealkylation sites (tertiary alicyclic amines) is 1. The smallest absolute Gasteiger partial charge is 0.314 e. The van der Waals surface area contributed by atoms with Gasteiger partial charge >= 0.3 is 5.97 Å². The van der Waals surface area contributed by atoms with Crippen molar-refractivity contribution in [2.45, 2.75) is 45.6 Å². The van der Waals surface area contributed by atoms with E-state index >= 15 is 0 Å². The normalized spacial score (nSPS) is 29.9. The molecule has 1 saturated carbocycles. The lowest BCUT2D eigenvalue weighted by molar-refractivity contribution is -0.168. The molecule has 0 bridgehead atoms. The van der Waals surface area contributed by atoms with Gasteiger partial charge in [-0.05, 0) is 57.1 Å². The molecule has 1 aliphatic carbocycles. The highest BCUT2D eigenvalue weighted by Crippen LogP contribution is 2.48. The summed E-state index contributed by atoms with van der Waals surface area (Å²) in [5, 5.41) is 0. The van der Waals surface area contributed by atoms with Gasteiger partial charge in [-0.25, -0.2) is 0 Å². The first-order valence-corrected chi connectivity index (χ1v) is 11.2. The lowest BCUT2D eigenvalue weighted by Crippen LogP contribution is -2.59. The van der Waals surface area contributed by atoms with Crippen molar-refractivity contribution >= 4 is 11.9 Å². The summed E-state index contributed by atoms with van der Waals surface area (Å²) in [5.74, 6) is 0.0803. The summed E-state index contributed by atoms with van der Waals surface area (Å²) < 4.78 is 11.1. The van der Waals surface area contributed by atoms with Crippen LogP contribution in [-0.2, 0) is 14.3 Å². The zero-order valence-corrected chi connectivity index (χ0v) is 18.1. The van der Waals surface area contributed by atoms with Gasteiger partial charge in [-0.3, -0.25) is 19.5 Å². The number of nitrogens with zero attached hydrogens (tertiary/aromatic N) is 3. The van der Waals surface area contributed by atoms with E-state index in [0.29, 0.717) is 31.3 Å². The predicted molar refractivity (Wildman–Crippen MR) is 112 cm³/mol. The first-order chi connectivity index (χ1) is 14.5. The highest BCUT2D eigenvalue weighted by Gasteiger charge is 2.54. The summed E-state index contributed by atoms with van der Waals surface area (Å²) in [7, 11) is 0. The Morgan fingerprint density at radius 1 is 1.23 bits per heavy atom. The molecule has 0 aromatic carbocycles. The summed E-state index contributed by atoms with van der Waals surface area (Å²) in [6, 6.07) is 2.36. The molecule has 1 aromatic rings. The van der Waals surface area contributed by atoms with E-state index in [-0.39, 0.29) is 17.8 Å². The summed E-state index contributed by atoms with van der Waals surface area (Å²) in [6.45, 7) is 8.79. The lowest BCUT2D eigenvalue weighted by atomic mass is 9.61. The SMILES string of the molecule is CCOC(=O)[C@@]12CC[C@@H](N3CCOCC3)C[C@H]1CCN(C(=O)c1cncc(C)c1)C2. The topological polar surface area (TPSA) is 72.0 Å². The maximum atomic E-state index is 13.2. The van der Waals surface area contributed by atoms with E-state index < -0.39 is 5.41 Å². The van der Waals surface area contributed by atoms with E-state index in [4.69, 9.17) is 9.47 Å². The summed E-state index contributed by atoms with van der Waals surface area (Å²) >= 11 is 0. The van der Waals surface area contributed by atoms with Crippen LogP contribution < -0.4 is 0 Å². The number of aryl methyl sites for hydroxylation is 1. The second kappa shape index (κ2) is 9.02. The molecule has 0 radical (unpaired) electrons. The van der Waals surface area contributed by atoms with Crippen LogP contribution in [0.15, 0.2) is 18.5 Å². The Hall–Kier alpha value is -1.99. The van der Waals surface area contributed by atoms with Gasteiger partial charge in [0.1, 0.15) is 0 Å². The summed E-state index contributed by atoms with van der Waals surface area (Å²) in [4.78, 5) is 34.9. The number of rotatable bonds is 4. The van der Waals surface area contributed by atoms with E-state index in [0.717, 1.165) is 57.6 Å². The van der Waals surface area contributed by atoms with Crippen LogP contribution in [0.2, 0.25) is 0 Å². The van der Waals surface area contributed by atoms with Crippen molar-refractivity contribution in [1.29, 1.82) is 0 Å². The van der Waals surface area contributed by atoms with Crippen molar-refractivity contribution in [2.24, 2.45) is 11.3 Å². The fourth-order valence-corrected chi connectivity index (χ4v) is 5.54. The van der Waals surface area contributed by atoms with Crippen LogP contribution in [0.4, 0.5) is 0 Å². The van der Waals surface area contributed by atoms with Gasteiger partial charge in [-0.15, -0.1) is 0 Å². The number of ether oxygens (including phenoxy) is 2. The maximum Gasteiger partial charge on any atom is 0.314 e. The molecule has 1 amide bonds. The van der Waals surface area contributed by atoms with Crippen molar-refractivity contribution in [3.8, 4) is 0 Å². The molecule has 30 heavy (non-hydrogen) atoms. The third-order valence-corrected chi connectivity index (χ3v) is 7.14. The Balaban J connectivity index is 1.53. The van der Waals surface area contributed by atoms with Gasteiger partial charge in [0.05, 0.1) is 30.8 Å². The van der Waals surface area contributed by atoms with Crippen LogP contribution in [0.25, 0.3) is 0 Å². The maximum absolute atomic E-state index is 13.2. The molecule has 0 unspecified atom stereocenters. The predicted octanol–water partition coefficient (Wildman–Crippen LogP) is 2.29. The standard InChI is InChI=1S/C23H33N3O4/c1-3-30-22(28)23-6-4-20(25-8-10-29-11-9-25)13-19(23)5-7-26(16-23)21(27)18-12-17(2)14-24-15-18/h12,14-15,19-20H,3-11,13,16H2,1-2H3/t19-,20-,23-/m1/s1. The zero-order chi connectivity index (χ0) is 21.1. The molecule has 3 heterocycles. The summed E-state index contributed by atoms with van der Waals surface area (Å²) in [5.41, 5.74) is 0.959. The number of piperidine rings is 1. The van der Waals surface area contributed by atoms with Gasteiger partial charge in [0.2, 0.25) is 0 Å². The van der Waals surface area contributed by atoms with Crippen LogP contribution in [0.5, 0.6) is 0 Å². The molecule has 0 spiro atoms. The Morgan fingerprint density at radius 2 is 2.03 bits per heavy atom. The van der Waals surface area contributed by atoms with Gasteiger partial charge in [-0.2, -0.15) is 0 Å². The second-order valence-corrected chi connectivity index (χ2v) is 8.92. The number of hydrogen-bond acceptors (Lipinski definition) is 6. The van der Waals surface area contributed by atoms with Crippen molar-refractivity contribution < 1.29 is 19.1 Å². The quantitative estimate of drug-likeness (QED) is 0.703. The minimum absolute atomic E-state index is 0.0383. The van der Waals surface area contributed by atoms with E-state index in [2.05, 4.69) is 9.88 Å². The van der Waals surface area contributed by atoms with E-state index in [1.54, 1.807) is 12.4 Å². The minimum Gasteiger partial charge on any atom is -0.466 e. The van der Waals surface area contributed by atoms with Crippen molar-refractivity contribution in [3.05, 3.63) is 29.6 Å². The van der Waals surface area contributed by atoms with E-state index in [1.807, 2.05) is 24.8 Å². The minimum atomic E-state index is -0.593. The molecule has 2 saturated heterocycles. The number of pyridine rings is 1. The zero-order valence-electron chi connectivity index (χ0n) is 18.1. The average Bonchev–Trinajstić information content (AvgIpc) is 2.78. The number of carbonyl (C=O) groups excluding carboxylic acids is 2. The molecule has 164 valence electrons. The van der Waals surface area contributed by atoms with Gasteiger partial charge in [0.15, 0.2) is 0 Å². The Labute approximate surface area is 178 Å². The highest BCUT2D eigenvalue weighted by atomic mass is 16.5. The molecule has 1 aromatic heterocycles. The molecule has 7 nitrogen and oxygen atoms in total. The largest absolute Gasteiger partial charge is 0.466 e. The van der Waals surface area contributed by atoms with Crippen LogP contribution in [0.1, 0.15) is 48.5 Å². The van der Waals surface area contributed by atoms with Gasteiger partial charge < -0.3 is 14.4 Å². The third-order valence-electron chi connectivity index (χ3n) is 7.14. The van der Waals surface area contributed by atoms with Crippen molar-refractivity contribution in [1.82, 2.24) is 14.8 Å². The monoisotopic (exact) mass is 415 g/mol. The fourth-order valence-electron chi connectivity index (χ4n) is 5.54. The van der Waals surface area contributed by atoms with E-state index in [1.165, 1.54) is 0 Å². The number of hydrogen-bond donors (Lipinski definition) is 0. The molecule has 4 rings (SSSR count). The fraction of sp³-hybridized carbons (Fsp3) is 0.696. The van der Waals surface area contributed by atoms with Crippen LogP contribution >= 0.6 is 0 Å². The van der Waals surface area contributed by atoms with Crippen LogP contribution in [-0.4, -0.2) is 78.7 Å². The molecule has 3 aliphatic rings. The first kappa shape index (κ1) is 21.2. The molecular weight excluding hydrogens is 382 g/mol. The van der Waals surface area contributed by atoms with Crippen molar-refractivity contribution in [3.63, 3.8) is 0 Å².